The van der Waals surface area contributed by atoms with Crippen LogP contribution in [0.5, 0.6) is 5.75 Å². The van der Waals surface area contributed by atoms with Crippen LogP contribution in [0, 0.1) is 11.3 Å². The van der Waals surface area contributed by atoms with E-state index in [4.69, 9.17) is 15.7 Å². The van der Waals surface area contributed by atoms with E-state index >= 15 is 0 Å². The van der Waals surface area contributed by atoms with Gasteiger partial charge in [0.05, 0.1) is 12.5 Å². The van der Waals surface area contributed by atoms with Gasteiger partial charge in [-0.1, -0.05) is 46.3 Å². The monoisotopic (exact) mass is 344 g/mol. The number of nitriles is 1. The predicted octanol–water partition coefficient (Wildman–Crippen LogP) is 3.98. The molecule has 2 aromatic carbocycles. The van der Waals surface area contributed by atoms with Crippen LogP contribution in [0.25, 0.3) is 0 Å². The van der Waals surface area contributed by atoms with E-state index in [9.17, 15) is 0 Å². The molecule has 0 bridgehead atoms. The molecule has 0 saturated heterocycles. The van der Waals surface area contributed by atoms with Crippen molar-refractivity contribution in [1.82, 2.24) is 0 Å². The van der Waals surface area contributed by atoms with Crippen molar-refractivity contribution in [3.05, 3.63) is 64.1 Å². The molecule has 0 fully saturated rings. The number of rotatable bonds is 5. The Labute approximate surface area is 133 Å². The van der Waals surface area contributed by atoms with Gasteiger partial charge < -0.3 is 10.5 Å². The topological polar surface area (TPSA) is 59.0 Å². The summed E-state index contributed by atoms with van der Waals surface area (Å²) >= 11 is 3.54. The minimum absolute atomic E-state index is 0.150. The van der Waals surface area contributed by atoms with Crippen LogP contribution < -0.4 is 10.5 Å². The van der Waals surface area contributed by atoms with Gasteiger partial charge in [0, 0.05) is 16.1 Å². The SMILES string of the molecule is CC(N)C(Oc1ccc(CC#N)cc1)c1ccccc1Br. The molecule has 2 rings (SSSR count). The molecule has 4 heteroatoms. The normalized spacial score (nSPS) is 13.2. The molecule has 0 aromatic heterocycles. The van der Waals surface area contributed by atoms with E-state index in [-0.39, 0.29) is 12.1 Å². The molecule has 0 saturated carbocycles. The van der Waals surface area contributed by atoms with Crippen LogP contribution in [0.4, 0.5) is 0 Å². The molecule has 0 aliphatic carbocycles. The molecule has 0 spiro atoms. The van der Waals surface area contributed by atoms with Gasteiger partial charge in [-0.25, -0.2) is 0 Å². The molecule has 0 amide bonds. The highest BCUT2D eigenvalue weighted by Crippen LogP contribution is 2.29. The quantitative estimate of drug-likeness (QED) is 0.892. The molecule has 2 N–H and O–H groups in total. The third kappa shape index (κ3) is 4.07. The van der Waals surface area contributed by atoms with Gasteiger partial charge in [-0.3, -0.25) is 0 Å². The summed E-state index contributed by atoms with van der Waals surface area (Å²) in [6.07, 6.45) is 0.170. The summed E-state index contributed by atoms with van der Waals surface area (Å²) < 4.78 is 7.02. The molecule has 2 unspecified atom stereocenters. The van der Waals surface area contributed by atoms with Crippen LogP contribution >= 0.6 is 15.9 Å². The summed E-state index contributed by atoms with van der Waals surface area (Å²) in [6, 6.07) is 17.4. The maximum absolute atomic E-state index is 8.68. The minimum Gasteiger partial charge on any atom is -0.484 e. The second-order valence-corrected chi connectivity index (χ2v) is 5.75. The van der Waals surface area contributed by atoms with Crippen molar-refractivity contribution in [1.29, 1.82) is 5.26 Å². The number of halogens is 1. The first-order valence-electron chi connectivity index (χ1n) is 6.74. The molecule has 3 nitrogen and oxygen atoms in total. The zero-order valence-electron chi connectivity index (χ0n) is 11.8. The fourth-order valence-corrected chi connectivity index (χ4v) is 2.59. The lowest BCUT2D eigenvalue weighted by Gasteiger charge is -2.24. The standard InChI is InChI=1S/C17H17BrN2O/c1-12(20)17(15-4-2-3-5-16(15)18)21-14-8-6-13(7-9-14)10-11-19/h2-9,12,17H,10,20H2,1H3. The smallest absolute Gasteiger partial charge is 0.140 e. The van der Waals surface area contributed by atoms with Crippen LogP contribution in [-0.4, -0.2) is 6.04 Å². The number of nitrogens with zero attached hydrogens (tertiary/aromatic N) is 1. The van der Waals surface area contributed by atoms with Gasteiger partial charge in [0.1, 0.15) is 11.9 Å². The van der Waals surface area contributed by atoms with Crippen molar-refractivity contribution in [2.75, 3.05) is 0 Å². The van der Waals surface area contributed by atoms with Crippen LogP contribution in [0.1, 0.15) is 24.2 Å². The summed E-state index contributed by atoms with van der Waals surface area (Å²) in [5.41, 5.74) is 8.07. The second kappa shape index (κ2) is 7.26. The molecule has 0 aliphatic heterocycles. The Morgan fingerprint density at radius 3 is 2.43 bits per heavy atom. The van der Waals surface area contributed by atoms with Gasteiger partial charge in [-0.2, -0.15) is 5.26 Å². The average molecular weight is 345 g/mol. The van der Waals surface area contributed by atoms with Crippen LogP contribution in [0.2, 0.25) is 0 Å². The zero-order chi connectivity index (χ0) is 15.2. The number of nitrogens with two attached hydrogens (primary N) is 1. The molecular weight excluding hydrogens is 328 g/mol. The van der Waals surface area contributed by atoms with Crippen molar-refractivity contribution in [3.8, 4) is 11.8 Å². The lowest BCUT2D eigenvalue weighted by Crippen LogP contribution is -2.29. The molecular formula is C17H17BrN2O. The number of benzene rings is 2. The van der Waals surface area contributed by atoms with E-state index in [0.29, 0.717) is 6.42 Å². The second-order valence-electron chi connectivity index (χ2n) is 4.90. The van der Waals surface area contributed by atoms with E-state index in [2.05, 4.69) is 22.0 Å². The summed E-state index contributed by atoms with van der Waals surface area (Å²) in [5, 5.41) is 8.68. The predicted molar refractivity (Wildman–Crippen MR) is 86.9 cm³/mol. The van der Waals surface area contributed by atoms with E-state index in [1.165, 1.54) is 0 Å². The first-order chi connectivity index (χ1) is 10.1. The first-order valence-corrected chi connectivity index (χ1v) is 7.53. The van der Waals surface area contributed by atoms with Crippen molar-refractivity contribution in [2.24, 2.45) is 5.73 Å². The number of hydrogen-bond acceptors (Lipinski definition) is 3. The van der Waals surface area contributed by atoms with Gasteiger partial charge in [0.25, 0.3) is 0 Å². The maximum atomic E-state index is 8.68. The van der Waals surface area contributed by atoms with Gasteiger partial charge >= 0.3 is 0 Å². The molecule has 2 aromatic rings. The first kappa shape index (κ1) is 15.6. The molecule has 0 aliphatic rings. The Hall–Kier alpha value is -1.83. The highest BCUT2D eigenvalue weighted by atomic mass is 79.9. The highest BCUT2D eigenvalue weighted by molar-refractivity contribution is 9.10. The number of ether oxygens (including phenoxy) is 1. The van der Waals surface area contributed by atoms with E-state index in [0.717, 1.165) is 21.3 Å². The van der Waals surface area contributed by atoms with Crippen molar-refractivity contribution in [2.45, 2.75) is 25.5 Å². The van der Waals surface area contributed by atoms with Crippen molar-refractivity contribution < 1.29 is 4.74 Å². The fraction of sp³-hybridized carbons (Fsp3) is 0.235. The van der Waals surface area contributed by atoms with Gasteiger partial charge in [0.2, 0.25) is 0 Å². The average Bonchev–Trinajstić information content (AvgIpc) is 2.47. The maximum Gasteiger partial charge on any atom is 0.140 e. The number of hydrogen-bond donors (Lipinski definition) is 1. The molecule has 0 radical (unpaired) electrons. The minimum atomic E-state index is -0.234. The van der Waals surface area contributed by atoms with Crippen molar-refractivity contribution >= 4 is 15.9 Å². The molecule has 108 valence electrons. The molecule has 21 heavy (non-hydrogen) atoms. The fourth-order valence-electron chi connectivity index (χ4n) is 2.08. The summed E-state index contributed by atoms with van der Waals surface area (Å²) in [4.78, 5) is 0. The van der Waals surface area contributed by atoms with Crippen LogP contribution in [0.3, 0.4) is 0 Å². The van der Waals surface area contributed by atoms with Crippen LogP contribution in [-0.2, 0) is 6.42 Å². The third-order valence-electron chi connectivity index (χ3n) is 3.16. The Bertz CT molecular complexity index is 632. The Morgan fingerprint density at radius 2 is 1.86 bits per heavy atom. The third-order valence-corrected chi connectivity index (χ3v) is 3.88. The summed E-state index contributed by atoms with van der Waals surface area (Å²) in [5.74, 6) is 0.745. The zero-order valence-corrected chi connectivity index (χ0v) is 13.4. The highest BCUT2D eigenvalue weighted by Gasteiger charge is 2.20. The summed E-state index contributed by atoms with van der Waals surface area (Å²) in [7, 11) is 0. The van der Waals surface area contributed by atoms with E-state index < -0.39 is 0 Å². The summed E-state index contributed by atoms with van der Waals surface area (Å²) in [6.45, 7) is 1.92. The van der Waals surface area contributed by atoms with Gasteiger partial charge in [-0.05, 0) is 30.7 Å². The largest absolute Gasteiger partial charge is 0.484 e. The van der Waals surface area contributed by atoms with Crippen LogP contribution in [0.15, 0.2) is 53.0 Å². The lowest BCUT2D eigenvalue weighted by molar-refractivity contribution is 0.179. The van der Waals surface area contributed by atoms with E-state index in [1.807, 2.05) is 55.5 Å². The Kier molecular flexibility index (Phi) is 5.38. The Morgan fingerprint density at radius 1 is 1.19 bits per heavy atom. The molecule has 0 heterocycles. The molecule has 2 atom stereocenters. The van der Waals surface area contributed by atoms with Crippen molar-refractivity contribution in [3.63, 3.8) is 0 Å². The van der Waals surface area contributed by atoms with E-state index in [1.54, 1.807) is 0 Å². The van der Waals surface area contributed by atoms with Gasteiger partial charge in [0.15, 0.2) is 0 Å². The lowest BCUT2D eigenvalue weighted by atomic mass is 10.0. The van der Waals surface area contributed by atoms with Gasteiger partial charge in [-0.15, -0.1) is 0 Å². The Balaban J connectivity index is 2.21.